The van der Waals surface area contributed by atoms with Crippen molar-refractivity contribution in [2.75, 3.05) is 12.4 Å². The molecule has 1 N–H and O–H groups in total. The van der Waals surface area contributed by atoms with Crippen molar-refractivity contribution in [3.8, 4) is 11.1 Å². The van der Waals surface area contributed by atoms with Crippen molar-refractivity contribution < 1.29 is 14.3 Å². The van der Waals surface area contributed by atoms with Gasteiger partial charge in [0.1, 0.15) is 10.6 Å². The first-order chi connectivity index (χ1) is 10.6. The third-order valence-electron chi connectivity index (χ3n) is 3.72. The molecule has 1 aromatic carbocycles. The van der Waals surface area contributed by atoms with Crippen molar-refractivity contribution in [1.82, 2.24) is 0 Å². The molecule has 0 radical (unpaired) electrons. The van der Waals surface area contributed by atoms with Gasteiger partial charge in [0, 0.05) is 16.4 Å². The highest BCUT2D eigenvalue weighted by Crippen LogP contribution is 2.41. The number of thiophene rings is 1. The van der Waals surface area contributed by atoms with E-state index in [1.807, 2.05) is 37.3 Å². The van der Waals surface area contributed by atoms with Crippen LogP contribution < -0.4 is 5.32 Å². The number of aryl methyl sites for hydroxylation is 1. The van der Waals surface area contributed by atoms with Crippen LogP contribution in [0.15, 0.2) is 30.3 Å². The van der Waals surface area contributed by atoms with E-state index in [1.54, 1.807) is 0 Å². The van der Waals surface area contributed by atoms with Crippen LogP contribution in [0.25, 0.3) is 11.1 Å². The van der Waals surface area contributed by atoms with Gasteiger partial charge < -0.3 is 10.1 Å². The first-order valence-electron chi connectivity index (χ1n) is 7.19. The summed E-state index contributed by atoms with van der Waals surface area (Å²) in [4.78, 5) is 25.3. The zero-order valence-corrected chi connectivity index (χ0v) is 13.3. The molecule has 2 aromatic rings. The van der Waals surface area contributed by atoms with Gasteiger partial charge in [-0.25, -0.2) is 4.79 Å². The zero-order valence-electron chi connectivity index (χ0n) is 12.5. The predicted molar refractivity (Wildman–Crippen MR) is 87.2 cm³/mol. The highest BCUT2D eigenvalue weighted by Gasteiger charge is 2.32. The van der Waals surface area contributed by atoms with Crippen LogP contribution in [0.1, 0.15) is 28.1 Å². The van der Waals surface area contributed by atoms with Crippen LogP contribution in [-0.4, -0.2) is 19.0 Å². The van der Waals surface area contributed by atoms with Crippen LogP contribution in [0.5, 0.6) is 0 Å². The number of benzene rings is 1. The summed E-state index contributed by atoms with van der Waals surface area (Å²) in [5, 5.41) is 3.48. The molecule has 22 heavy (non-hydrogen) atoms. The Morgan fingerprint density at radius 1 is 1.23 bits per heavy atom. The van der Waals surface area contributed by atoms with Gasteiger partial charge in [-0.3, -0.25) is 4.79 Å². The summed E-state index contributed by atoms with van der Waals surface area (Å²) in [7, 11) is 1.36. The van der Waals surface area contributed by atoms with Crippen molar-refractivity contribution in [2.45, 2.75) is 19.8 Å². The Balaban J connectivity index is 2.06. The second-order valence-corrected chi connectivity index (χ2v) is 6.58. The van der Waals surface area contributed by atoms with Crippen molar-refractivity contribution in [3.63, 3.8) is 0 Å². The molecule has 0 spiro atoms. The van der Waals surface area contributed by atoms with Gasteiger partial charge in [-0.1, -0.05) is 30.3 Å². The fourth-order valence-corrected chi connectivity index (χ4v) is 3.51. The number of rotatable bonds is 4. The van der Waals surface area contributed by atoms with Crippen LogP contribution in [0.4, 0.5) is 5.00 Å². The lowest BCUT2D eigenvalue weighted by Crippen LogP contribution is -2.15. The standard InChI is InChI=1S/C17H17NO3S/c1-10-13(11-6-4-3-5-7-11)14(17(20)21-2)16(22-10)18-15(19)12-8-9-12/h3-7,12H,8-9H2,1-2H3,(H,18,19). The second kappa shape index (κ2) is 5.93. The maximum Gasteiger partial charge on any atom is 0.341 e. The highest BCUT2D eigenvalue weighted by molar-refractivity contribution is 7.17. The van der Waals surface area contributed by atoms with E-state index in [-0.39, 0.29) is 11.8 Å². The largest absolute Gasteiger partial charge is 0.465 e. The molecule has 0 aliphatic heterocycles. The number of nitrogens with one attached hydrogen (secondary N) is 1. The molecule has 1 fully saturated rings. The van der Waals surface area contributed by atoms with Crippen molar-refractivity contribution in [2.24, 2.45) is 5.92 Å². The molecule has 1 heterocycles. The van der Waals surface area contributed by atoms with E-state index in [0.29, 0.717) is 10.6 Å². The lowest BCUT2D eigenvalue weighted by molar-refractivity contribution is -0.117. The summed E-state index contributed by atoms with van der Waals surface area (Å²) in [5.41, 5.74) is 2.23. The molecule has 0 atom stereocenters. The summed E-state index contributed by atoms with van der Waals surface area (Å²) in [6, 6.07) is 9.69. The van der Waals surface area contributed by atoms with Crippen molar-refractivity contribution in [1.29, 1.82) is 0 Å². The molecule has 0 saturated heterocycles. The maximum absolute atomic E-state index is 12.2. The highest BCUT2D eigenvalue weighted by atomic mass is 32.1. The number of amides is 1. The molecule has 1 aliphatic carbocycles. The van der Waals surface area contributed by atoms with Gasteiger partial charge in [-0.15, -0.1) is 11.3 Å². The first kappa shape index (κ1) is 14.8. The minimum absolute atomic E-state index is 0.00832. The van der Waals surface area contributed by atoms with Gasteiger partial charge in [0.2, 0.25) is 5.91 Å². The van der Waals surface area contributed by atoms with E-state index in [2.05, 4.69) is 5.32 Å². The minimum Gasteiger partial charge on any atom is -0.465 e. The quantitative estimate of drug-likeness (QED) is 0.872. The Bertz CT molecular complexity index is 717. The third kappa shape index (κ3) is 2.76. The maximum atomic E-state index is 12.2. The van der Waals surface area contributed by atoms with E-state index < -0.39 is 5.97 Å². The molecule has 4 nitrogen and oxygen atoms in total. The lowest BCUT2D eigenvalue weighted by Gasteiger charge is -2.07. The average molecular weight is 315 g/mol. The van der Waals surface area contributed by atoms with Crippen LogP contribution in [0, 0.1) is 12.8 Å². The molecule has 3 rings (SSSR count). The normalized spacial score (nSPS) is 13.7. The number of carbonyl (C=O) groups excluding carboxylic acids is 2. The molecule has 5 heteroatoms. The monoisotopic (exact) mass is 315 g/mol. The fourth-order valence-electron chi connectivity index (χ4n) is 2.44. The fraction of sp³-hybridized carbons (Fsp3) is 0.294. The van der Waals surface area contributed by atoms with E-state index in [0.717, 1.165) is 28.8 Å². The molecular formula is C17H17NO3S. The smallest absolute Gasteiger partial charge is 0.341 e. The lowest BCUT2D eigenvalue weighted by atomic mass is 10.0. The van der Waals surface area contributed by atoms with Crippen LogP contribution in [0.3, 0.4) is 0 Å². The van der Waals surface area contributed by atoms with E-state index >= 15 is 0 Å². The molecule has 1 saturated carbocycles. The predicted octanol–water partition coefficient (Wildman–Crippen LogP) is 3.86. The van der Waals surface area contributed by atoms with Gasteiger partial charge in [-0.2, -0.15) is 0 Å². The van der Waals surface area contributed by atoms with Gasteiger partial charge in [0.05, 0.1) is 7.11 Å². The molecule has 1 aliphatic rings. The topological polar surface area (TPSA) is 55.4 Å². The average Bonchev–Trinajstić information content (AvgIpc) is 3.32. The second-order valence-electron chi connectivity index (χ2n) is 5.36. The number of ether oxygens (including phenoxy) is 1. The van der Waals surface area contributed by atoms with Crippen LogP contribution in [0.2, 0.25) is 0 Å². The van der Waals surface area contributed by atoms with Crippen molar-refractivity contribution >= 4 is 28.2 Å². The van der Waals surface area contributed by atoms with Gasteiger partial charge >= 0.3 is 5.97 Å². The Labute approximate surface area is 133 Å². The Morgan fingerprint density at radius 2 is 1.91 bits per heavy atom. The SMILES string of the molecule is COC(=O)c1c(NC(=O)C2CC2)sc(C)c1-c1ccccc1. The first-order valence-corrected chi connectivity index (χ1v) is 8.01. The number of methoxy groups -OCH3 is 1. The van der Waals surface area contributed by atoms with Gasteiger partial charge in [-0.05, 0) is 25.3 Å². The Hall–Kier alpha value is -2.14. The number of hydrogen-bond acceptors (Lipinski definition) is 4. The Kier molecular flexibility index (Phi) is 3.98. The Morgan fingerprint density at radius 3 is 2.50 bits per heavy atom. The number of hydrogen-bond donors (Lipinski definition) is 1. The molecule has 0 bridgehead atoms. The van der Waals surface area contributed by atoms with Crippen LogP contribution in [-0.2, 0) is 9.53 Å². The van der Waals surface area contributed by atoms with Crippen LogP contribution >= 0.6 is 11.3 Å². The van der Waals surface area contributed by atoms with Gasteiger partial charge in [0.15, 0.2) is 0 Å². The summed E-state index contributed by atoms with van der Waals surface area (Å²) >= 11 is 1.42. The third-order valence-corrected chi connectivity index (χ3v) is 4.74. The summed E-state index contributed by atoms with van der Waals surface area (Å²) < 4.78 is 4.93. The molecular weight excluding hydrogens is 298 g/mol. The summed E-state index contributed by atoms with van der Waals surface area (Å²) in [6.07, 6.45) is 1.85. The summed E-state index contributed by atoms with van der Waals surface area (Å²) in [5.74, 6) is -0.339. The number of anilines is 1. The van der Waals surface area contributed by atoms with E-state index in [4.69, 9.17) is 4.74 Å². The molecule has 114 valence electrons. The van der Waals surface area contributed by atoms with Crippen molar-refractivity contribution in [3.05, 3.63) is 40.8 Å². The molecule has 1 aromatic heterocycles. The van der Waals surface area contributed by atoms with E-state index in [9.17, 15) is 9.59 Å². The molecule has 1 amide bonds. The summed E-state index contributed by atoms with van der Waals surface area (Å²) in [6.45, 7) is 1.95. The van der Waals surface area contributed by atoms with E-state index in [1.165, 1.54) is 18.4 Å². The zero-order chi connectivity index (χ0) is 15.7. The number of carbonyl (C=O) groups is 2. The number of esters is 1. The van der Waals surface area contributed by atoms with Gasteiger partial charge in [0.25, 0.3) is 0 Å². The minimum atomic E-state index is -0.422. The molecule has 0 unspecified atom stereocenters.